The maximum absolute atomic E-state index is 10.3. The van der Waals surface area contributed by atoms with E-state index in [4.69, 9.17) is 4.74 Å². The monoisotopic (exact) mass is 130 g/mol. The lowest BCUT2D eigenvalue weighted by atomic mass is 10.1. The highest BCUT2D eigenvalue weighted by molar-refractivity contribution is 5.61. The lowest BCUT2D eigenvalue weighted by Crippen LogP contribution is -2.16. The van der Waals surface area contributed by atoms with E-state index >= 15 is 0 Å². The quantitative estimate of drug-likeness (QED) is 0.500. The third-order valence-corrected chi connectivity index (χ3v) is 1.36. The van der Waals surface area contributed by atoms with Crippen LogP contribution in [0.1, 0.15) is 13.8 Å². The van der Waals surface area contributed by atoms with Crippen molar-refractivity contribution in [1.82, 2.24) is 0 Å². The predicted octanol–water partition coefficient (Wildman–Crippen LogP) is 1.18. The molecule has 0 spiro atoms. The third kappa shape index (κ3) is 1.34. The summed E-state index contributed by atoms with van der Waals surface area (Å²) in [6.07, 6.45) is -0.564. The second kappa shape index (κ2) is 2.25. The summed E-state index contributed by atoms with van der Waals surface area (Å²) in [6, 6.07) is 0. The molecule has 1 fully saturated rings. The summed E-state index contributed by atoms with van der Waals surface area (Å²) in [4.78, 5) is 10.3. The van der Waals surface area contributed by atoms with Crippen LogP contribution in [-0.2, 0) is 9.47 Å². The number of hydrogen-bond acceptors (Lipinski definition) is 3. The minimum absolute atomic E-state index is 0.0301. The van der Waals surface area contributed by atoms with Gasteiger partial charge in [-0.2, -0.15) is 0 Å². The normalized spacial score (nSPS) is 26.1. The van der Waals surface area contributed by atoms with Crippen LogP contribution in [0.5, 0.6) is 0 Å². The average molecular weight is 130 g/mol. The van der Waals surface area contributed by atoms with E-state index in [9.17, 15) is 4.79 Å². The van der Waals surface area contributed by atoms with Gasteiger partial charge in [0, 0.05) is 0 Å². The van der Waals surface area contributed by atoms with Crippen LogP contribution in [0.4, 0.5) is 4.79 Å². The standard InChI is InChI=1S/C6H10O3/c1-4(2)5-3-8-6(7)9-5/h4-5H,3H2,1-2H3/t5-/m1/s1. The first-order chi connectivity index (χ1) is 4.20. The van der Waals surface area contributed by atoms with Crippen LogP contribution in [0.25, 0.3) is 0 Å². The summed E-state index contributed by atoms with van der Waals surface area (Å²) >= 11 is 0. The number of carbonyl (C=O) groups is 1. The van der Waals surface area contributed by atoms with Gasteiger partial charge in [-0.15, -0.1) is 0 Å². The minimum atomic E-state index is -0.534. The van der Waals surface area contributed by atoms with Crippen molar-refractivity contribution < 1.29 is 14.3 Å². The van der Waals surface area contributed by atoms with Crippen LogP contribution in [0.15, 0.2) is 0 Å². The summed E-state index contributed by atoms with van der Waals surface area (Å²) in [5, 5.41) is 0. The Kier molecular flexibility index (Phi) is 1.60. The zero-order valence-corrected chi connectivity index (χ0v) is 5.59. The lowest BCUT2D eigenvalue weighted by Gasteiger charge is -2.07. The van der Waals surface area contributed by atoms with Gasteiger partial charge >= 0.3 is 6.16 Å². The smallest absolute Gasteiger partial charge is 0.430 e. The largest absolute Gasteiger partial charge is 0.508 e. The number of ether oxygens (including phenoxy) is 2. The predicted molar refractivity (Wildman–Crippen MR) is 31.1 cm³/mol. The summed E-state index contributed by atoms with van der Waals surface area (Å²) in [6.45, 7) is 4.40. The molecule has 52 valence electrons. The molecular formula is C6H10O3. The molecule has 0 amide bonds. The summed E-state index contributed by atoms with van der Waals surface area (Å²) in [5.41, 5.74) is 0. The molecule has 0 saturated carbocycles. The van der Waals surface area contributed by atoms with E-state index in [1.807, 2.05) is 13.8 Å². The second-order valence-electron chi connectivity index (χ2n) is 2.46. The molecule has 0 bridgehead atoms. The maximum Gasteiger partial charge on any atom is 0.508 e. The van der Waals surface area contributed by atoms with Crippen molar-refractivity contribution in [1.29, 1.82) is 0 Å². The third-order valence-electron chi connectivity index (χ3n) is 1.36. The Labute approximate surface area is 53.9 Å². The van der Waals surface area contributed by atoms with Crippen LogP contribution in [0, 0.1) is 5.92 Å². The average Bonchev–Trinajstić information content (AvgIpc) is 2.14. The molecule has 1 atom stereocenters. The first kappa shape index (κ1) is 6.39. The van der Waals surface area contributed by atoms with Crippen molar-refractivity contribution in [3.8, 4) is 0 Å². The number of cyclic esters (lactones) is 2. The molecule has 0 aromatic carbocycles. The molecule has 1 aliphatic rings. The Balaban J connectivity index is 2.39. The van der Waals surface area contributed by atoms with Gasteiger partial charge in [-0.25, -0.2) is 4.79 Å². The van der Waals surface area contributed by atoms with E-state index in [1.165, 1.54) is 0 Å². The zero-order valence-electron chi connectivity index (χ0n) is 5.59. The second-order valence-corrected chi connectivity index (χ2v) is 2.46. The number of rotatable bonds is 1. The van der Waals surface area contributed by atoms with Gasteiger partial charge in [-0.3, -0.25) is 0 Å². The highest BCUT2D eigenvalue weighted by Crippen LogP contribution is 2.13. The molecule has 0 aliphatic carbocycles. The van der Waals surface area contributed by atoms with Crippen LogP contribution < -0.4 is 0 Å². The SMILES string of the molecule is CC(C)[C@H]1COC(=O)O1. The minimum Gasteiger partial charge on any atom is -0.430 e. The van der Waals surface area contributed by atoms with E-state index in [1.54, 1.807) is 0 Å². The number of hydrogen-bond donors (Lipinski definition) is 0. The van der Waals surface area contributed by atoms with Gasteiger partial charge in [0.15, 0.2) is 0 Å². The molecule has 9 heavy (non-hydrogen) atoms. The van der Waals surface area contributed by atoms with Crippen LogP contribution in [0.2, 0.25) is 0 Å². The molecule has 3 heteroatoms. The van der Waals surface area contributed by atoms with Gasteiger partial charge in [-0.1, -0.05) is 13.8 Å². The first-order valence-corrected chi connectivity index (χ1v) is 3.03. The van der Waals surface area contributed by atoms with Crippen LogP contribution in [-0.4, -0.2) is 18.9 Å². The van der Waals surface area contributed by atoms with Crippen molar-refractivity contribution in [2.75, 3.05) is 6.61 Å². The van der Waals surface area contributed by atoms with E-state index < -0.39 is 6.16 Å². The Hall–Kier alpha value is -0.730. The Morgan fingerprint density at radius 3 is 2.56 bits per heavy atom. The Morgan fingerprint density at radius 1 is 1.67 bits per heavy atom. The molecule has 0 N–H and O–H groups in total. The van der Waals surface area contributed by atoms with Crippen molar-refractivity contribution >= 4 is 6.16 Å². The molecule has 1 rings (SSSR count). The van der Waals surface area contributed by atoms with E-state index in [-0.39, 0.29) is 6.10 Å². The molecule has 3 nitrogen and oxygen atoms in total. The molecule has 0 unspecified atom stereocenters. The van der Waals surface area contributed by atoms with Crippen LogP contribution in [0.3, 0.4) is 0 Å². The topological polar surface area (TPSA) is 35.5 Å². The lowest BCUT2D eigenvalue weighted by molar-refractivity contribution is 0.105. The Morgan fingerprint density at radius 2 is 2.33 bits per heavy atom. The fourth-order valence-electron chi connectivity index (χ4n) is 0.670. The van der Waals surface area contributed by atoms with E-state index in [2.05, 4.69) is 4.74 Å². The molecule has 1 heterocycles. The highest BCUT2D eigenvalue weighted by Gasteiger charge is 2.27. The molecule has 0 aromatic heterocycles. The first-order valence-electron chi connectivity index (χ1n) is 3.03. The van der Waals surface area contributed by atoms with Gasteiger partial charge in [0.05, 0.1) is 0 Å². The van der Waals surface area contributed by atoms with Gasteiger partial charge in [0.1, 0.15) is 12.7 Å². The van der Waals surface area contributed by atoms with Gasteiger partial charge in [0.25, 0.3) is 0 Å². The summed E-state index contributed by atoms with van der Waals surface area (Å²) in [5.74, 6) is 0.358. The maximum atomic E-state index is 10.3. The van der Waals surface area contributed by atoms with Gasteiger partial charge in [-0.05, 0) is 5.92 Å². The Bertz CT molecular complexity index is 119. The van der Waals surface area contributed by atoms with Crippen molar-refractivity contribution in [2.24, 2.45) is 5.92 Å². The molecule has 1 aliphatic heterocycles. The fraction of sp³-hybridized carbons (Fsp3) is 0.833. The van der Waals surface area contributed by atoms with Crippen molar-refractivity contribution in [3.05, 3.63) is 0 Å². The number of carbonyl (C=O) groups excluding carboxylic acids is 1. The van der Waals surface area contributed by atoms with Gasteiger partial charge < -0.3 is 9.47 Å². The van der Waals surface area contributed by atoms with Gasteiger partial charge in [0.2, 0.25) is 0 Å². The summed E-state index contributed by atoms with van der Waals surface area (Å²) in [7, 11) is 0. The van der Waals surface area contributed by atoms with E-state index in [0.29, 0.717) is 12.5 Å². The molecule has 0 radical (unpaired) electrons. The zero-order chi connectivity index (χ0) is 6.85. The molecule has 0 aromatic rings. The van der Waals surface area contributed by atoms with Crippen molar-refractivity contribution in [2.45, 2.75) is 20.0 Å². The van der Waals surface area contributed by atoms with Crippen LogP contribution >= 0.6 is 0 Å². The fourth-order valence-corrected chi connectivity index (χ4v) is 0.670. The van der Waals surface area contributed by atoms with E-state index in [0.717, 1.165) is 0 Å². The molecule has 1 saturated heterocycles. The van der Waals surface area contributed by atoms with Crippen molar-refractivity contribution in [3.63, 3.8) is 0 Å². The molecular weight excluding hydrogens is 120 g/mol. The summed E-state index contributed by atoms with van der Waals surface area (Å²) < 4.78 is 9.33. The highest BCUT2D eigenvalue weighted by atomic mass is 16.8.